The number of aryl methyl sites for hydroxylation is 1. The Morgan fingerprint density at radius 3 is 2.61 bits per heavy atom. The normalized spacial score (nSPS) is 11.8. The minimum Gasteiger partial charge on any atom is -0.505 e. The first-order valence-corrected chi connectivity index (χ1v) is 10.2. The van der Waals surface area contributed by atoms with Crippen molar-refractivity contribution in [2.45, 2.75) is 19.9 Å². The molecular weight excluding hydrogens is 390 g/mol. The molecule has 2 N–H and O–H groups in total. The molecule has 1 unspecified atom stereocenters. The molecule has 2 aromatic carbocycles. The van der Waals surface area contributed by atoms with Crippen LogP contribution in [0.5, 0.6) is 17.2 Å². The van der Waals surface area contributed by atoms with Gasteiger partial charge in [0.05, 0.1) is 19.8 Å². The monoisotopic (exact) mass is 415 g/mol. The van der Waals surface area contributed by atoms with Crippen LogP contribution in [-0.2, 0) is 0 Å². The van der Waals surface area contributed by atoms with Crippen LogP contribution in [-0.4, -0.2) is 28.8 Å². The lowest BCUT2D eigenvalue weighted by molar-refractivity contribution is 0.310. The van der Waals surface area contributed by atoms with Crippen LogP contribution in [0.15, 0.2) is 66.9 Å². The van der Waals surface area contributed by atoms with E-state index in [-0.39, 0.29) is 11.8 Å². The van der Waals surface area contributed by atoms with E-state index in [9.17, 15) is 5.11 Å². The summed E-state index contributed by atoms with van der Waals surface area (Å²) in [5, 5.41) is 15.5. The van der Waals surface area contributed by atoms with Gasteiger partial charge in [-0.15, -0.1) is 0 Å². The summed E-state index contributed by atoms with van der Waals surface area (Å²) in [6.45, 7) is 4.36. The molecule has 0 aliphatic heterocycles. The van der Waals surface area contributed by atoms with E-state index >= 15 is 0 Å². The van der Waals surface area contributed by atoms with Gasteiger partial charge in [0.15, 0.2) is 11.5 Å². The summed E-state index contributed by atoms with van der Waals surface area (Å²) in [4.78, 5) is 8.96. The van der Waals surface area contributed by atoms with E-state index in [2.05, 4.69) is 15.3 Å². The van der Waals surface area contributed by atoms with Crippen molar-refractivity contribution in [2.24, 2.45) is 0 Å². The van der Waals surface area contributed by atoms with Crippen LogP contribution in [0.3, 0.4) is 0 Å². The second-order valence-electron chi connectivity index (χ2n) is 7.16. The molecule has 2 aromatic heterocycles. The summed E-state index contributed by atoms with van der Waals surface area (Å²) in [6, 6.07) is 18.8. The summed E-state index contributed by atoms with van der Waals surface area (Å²) in [6.07, 6.45) is 1.73. The number of methoxy groups -OCH3 is 1. The van der Waals surface area contributed by atoms with Crippen LogP contribution in [0.25, 0.3) is 10.9 Å². The molecule has 31 heavy (non-hydrogen) atoms. The third-order valence-corrected chi connectivity index (χ3v) is 5.09. The maximum atomic E-state index is 11.2. The Bertz CT molecular complexity index is 1200. The van der Waals surface area contributed by atoms with Crippen molar-refractivity contribution >= 4 is 16.7 Å². The Hall–Kier alpha value is -3.80. The number of phenolic OH excluding ortho intramolecular Hbond substituents is 1. The van der Waals surface area contributed by atoms with Crippen molar-refractivity contribution in [2.75, 3.05) is 19.0 Å². The quantitative estimate of drug-likeness (QED) is 0.429. The van der Waals surface area contributed by atoms with Gasteiger partial charge in [-0.3, -0.25) is 0 Å². The van der Waals surface area contributed by atoms with Gasteiger partial charge in [0.25, 0.3) is 0 Å². The van der Waals surface area contributed by atoms with Gasteiger partial charge in [0.2, 0.25) is 0 Å². The van der Waals surface area contributed by atoms with E-state index in [1.807, 2.05) is 74.5 Å². The average molecular weight is 415 g/mol. The Balaban J connectivity index is 1.87. The van der Waals surface area contributed by atoms with Crippen LogP contribution >= 0.6 is 0 Å². The number of ether oxygens (including phenoxy) is 2. The summed E-state index contributed by atoms with van der Waals surface area (Å²) in [5.74, 6) is 2.13. The third-order valence-electron chi connectivity index (χ3n) is 5.09. The molecule has 0 radical (unpaired) electrons. The van der Waals surface area contributed by atoms with E-state index in [0.29, 0.717) is 35.0 Å². The third kappa shape index (κ3) is 4.23. The van der Waals surface area contributed by atoms with Gasteiger partial charge < -0.3 is 19.9 Å². The maximum absolute atomic E-state index is 11.2. The highest BCUT2D eigenvalue weighted by Gasteiger charge is 2.22. The number of hydrogen-bond donors (Lipinski definition) is 2. The Morgan fingerprint density at radius 1 is 1.03 bits per heavy atom. The second kappa shape index (κ2) is 8.92. The molecule has 1 atom stereocenters. The number of nitrogens with zero attached hydrogens (tertiary/aromatic N) is 2. The molecule has 0 saturated carbocycles. The van der Waals surface area contributed by atoms with Gasteiger partial charge in [0, 0.05) is 22.8 Å². The zero-order valence-corrected chi connectivity index (χ0v) is 17.8. The van der Waals surface area contributed by atoms with Gasteiger partial charge in [-0.1, -0.05) is 30.3 Å². The van der Waals surface area contributed by atoms with E-state index in [4.69, 9.17) is 9.47 Å². The van der Waals surface area contributed by atoms with Crippen molar-refractivity contribution in [3.05, 3.63) is 83.7 Å². The maximum Gasteiger partial charge on any atom is 0.161 e. The first kappa shape index (κ1) is 20.5. The number of aromatic hydroxyl groups is 1. The lowest BCUT2D eigenvalue weighted by atomic mass is 9.95. The molecule has 4 rings (SSSR count). The topological polar surface area (TPSA) is 76.5 Å². The standard InChI is InChI=1S/C25H25N3O3/c1-4-31-21-15-18(11-13-20(21)30-3)23(28-22-7-5-6-14-26-22)19-12-10-17-9-8-16(2)27-24(17)25(19)29/h5-15,23,29H,4H2,1-3H3,(H,26,28). The largest absolute Gasteiger partial charge is 0.505 e. The number of benzene rings is 2. The van der Waals surface area contributed by atoms with Crippen LogP contribution in [0.1, 0.15) is 29.8 Å². The van der Waals surface area contributed by atoms with Crippen LogP contribution in [0.4, 0.5) is 5.82 Å². The highest BCUT2D eigenvalue weighted by molar-refractivity contribution is 5.86. The number of pyridine rings is 2. The van der Waals surface area contributed by atoms with Gasteiger partial charge in [-0.2, -0.15) is 0 Å². The number of phenols is 1. The molecule has 2 heterocycles. The molecule has 0 fully saturated rings. The van der Waals surface area contributed by atoms with Gasteiger partial charge in [-0.05, 0) is 49.7 Å². The van der Waals surface area contributed by atoms with Gasteiger partial charge in [0.1, 0.15) is 17.1 Å². The van der Waals surface area contributed by atoms with E-state index in [1.165, 1.54) is 0 Å². The summed E-state index contributed by atoms with van der Waals surface area (Å²) >= 11 is 0. The lowest BCUT2D eigenvalue weighted by Crippen LogP contribution is -2.14. The number of fused-ring (bicyclic) bond motifs is 1. The van der Waals surface area contributed by atoms with Crippen molar-refractivity contribution in [1.29, 1.82) is 0 Å². The molecule has 0 saturated heterocycles. The number of nitrogens with one attached hydrogen (secondary N) is 1. The molecule has 0 amide bonds. The molecule has 6 heteroatoms. The fourth-order valence-corrected chi connectivity index (χ4v) is 3.60. The van der Waals surface area contributed by atoms with Crippen LogP contribution < -0.4 is 14.8 Å². The lowest BCUT2D eigenvalue weighted by Gasteiger charge is -2.23. The predicted octanol–water partition coefficient (Wildman–Crippen LogP) is 5.25. The van der Waals surface area contributed by atoms with Gasteiger partial charge in [-0.25, -0.2) is 9.97 Å². The highest BCUT2D eigenvalue weighted by atomic mass is 16.5. The molecular formula is C25H25N3O3. The van der Waals surface area contributed by atoms with Gasteiger partial charge >= 0.3 is 0 Å². The summed E-state index contributed by atoms with van der Waals surface area (Å²) in [5.41, 5.74) is 3.02. The molecule has 0 aliphatic carbocycles. The van der Waals surface area contributed by atoms with Crippen molar-refractivity contribution in [1.82, 2.24) is 9.97 Å². The summed E-state index contributed by atoms with van der Waals surface area (Å²) in [7, 11) is 1.62. The molecule has 0 bridgehead atoms. The minimum atomic E-state index is -0.383. The average Bonchev–Trinajstić information content (AvgIpc) is 2.79. The number of anilines is 1. The Kier molecular flexibility index (Phi) is 5.89. The van der Waals surface area contributed by atoms with Crippen molar-refractivity contribution in [3.8, 4) is 17.2 Å². The molecule has 0 aliphatic rings. The molecule has 0 spiro atoms. The number of hydrogen-bond acceptors (Lipinski definition) is 6. The number of rotatable bonds is 7. The van der Waals surface area contributed by atoms with Crippen LogP contribution in [0, 0.1) is 6.92 Å². The van der Waals surface area contributed by atoms with Crippen molar-refractivity contribution in [3.63, 3.8) is 0 Å². The first-order chi connectivity index (χ1) is 15.1. The SMILES string of the molecule is CCOc1cc(C(Nc2ccccn2)c2ccc3ccc(C)nc3c2O)ccc1OC. The van der Waals surface area contributed by atoms with E-state index < -0.39 is 0 Å². The summed E-state index contributed by atoms with van der Waals surface area (Å²) < 4.78 is 11.2. The van der Waals surface area contributed by atoms with E-state index in [0.717, 1.165) is 16.6 Å². The predicted molar refractivity (Wildman–Crippen MR) is 122 cm³/mol. The highest BCUT2D eigenvalue weighted by Crippen LogP contribution is 2.39. The molecule has 4 aromatic rings. The van der Waals surface area contributed by atoms with Crippen molar-refractivity contribution < 1.29 is 14.6 Å². The fraction of sp³-hybridized carbons (Fsp3) is 0.200. The molecule has 6 nitrogen and oxygen atoms in total. The Morgan fingerprint density at radius 2 is 1.87 bits per heavy atom. The minimum absolute atomic E-state index is 0.142. The Labute approximate surface area is 181 Å². The van der Waals surface area contributed by atoms with E-state index in [1.54, 1.807) is 13.3 Å². The molecule has 158 valence electrons. The van der Waals surface area contributed by atoms with Crippen LogP contribution in [0.2, 0.25) is 0 Å². The fourth-order valence-electron chi connectivity index (χ4n) is 3.60. The number of aromatic nitrogens is 2. The zero-order chi connectivity index (χ0) is 21.8. The second-order valence-corrected chi connectivity index (χ2v) is 7.16. The zero-order valence-electron chi connectivity index (χ0n) is 17.8. The first-order valence-electron chi connectivity index (χ1n) is 10.2. The smallest absolute Gasteiger partial charge is 0.161 e.